The van der Waals surface area contributed by atoms with E-state index in [2.05, 4.69) is 25.2 Å². The molecular weight excluding hydrogens is 310 g/mol. The Morgan fingerprint density at radius 3 is 2.70 bits per heavy atom. The normalized spacial score (nSPS) is 10.7. The van der Waals surface area contributed by atoms with Crippen LogP contribution in [0.2, 0.25) is 5.02 Å². The zero-order valence-corrected chi connectivity index (χ0v) is 14.5. The molecular formula is C19H22ClNO2. The summed E-state index contributed by atoms with van der Waals surface area (Å²) in [5, 5.41) is 3.49. The number of carbonyl (C=O) groups is 1. The van der Waals surface area contributed by atoms with Crippen molar-refractivity contribution in [3.05, 3.63) is 64.2 Å². The summed E-state index contributed by atoms with van der Waals surface area (Å²) in [5.74, 6) is 1.03. The first kappa shape index (κ1) is 17.4. The second-order valence-electron chi connectivity index (χ2n) is 5.87. The Hall–Kier alpha value is -2.00. The summed E-state index contributed by atoms with van der Waals surface area (Å²) in [4.78, 5) is 11.9. The van der Waals surface area contributed by atoms with E-state index in [1.165, 1.54) is 5.56 Å². The quantitative estimate of drug-likeness (QED) is 0.848. The molecule has 0 spiro atoms. The number of nitrogens with one attached hydrogen (secondary N) is 1. The highest BCUT2D eigenvalue weighted by Gasteiger charge is 2.07. The zero-order valence-electron chi connectivity index (χ0n) is 13.7. The van der Waals surface area contributed by atoms with Gasteiger partial charge < -0.3 is 10.1 Å². The summed E-state index contributed by atoms with van der Waals surface area (Å²) in [6.07, 6.45) is 0. The maximum atomic E-state index is 11.9. The molecule has 4 heteroatoms. The summed E-state index contributed by atoms with van der Waals surface area (Å²) in [7, 11) is 0. The number of hydrogen-bond donors (Lipinski definition) is 1. The van der Waals surface area contributed by atoms with Crippen LogP contribution in [0.5, 0.6) is 5.75 Å². The molecule has 2 rings (SSSR count). The van der Waals surface area contributed by atoms with Crippen LogP contribution in [0.4, 0.5) is 0 Å². The molecule has 1 amide bonds. The van der Waals surface area contributed by atoms with Gasteiger partial charge in [-0.2, -0.15) is 0 Å². The van der Waals surface area contributed by atoms with E-state index in [1.54, 1.807) is 6.07 Å². The molecule has 0 unspecified atom stereocenters. The Bertz CT molecular complexity index is 683. The van der Waals surface area contributed by atoms with Gasteiger partial charge in [-0.25, -0.2) is 0 Å². The van der Waals surface area contributed by atoms with Crippen molar-refractivity contribution in [3.8, 4) is 5.75 Å². The Morgan fingerprint density at radius 2 is 2.00 bits per heavy atom. The molecule has 0 fully saturated rings. The van der Waals surface area contributed by atoms with Gasteiger partial charge in [-0.1, -0.05) is 49.7 Å². The predicted molar refractivity (Wildman–Crippen MR) is 94.1 cm³/mol. The average molecular weight is 332 g/mol. The lowest BCUT2D eigenvalue weighted by Crippen LogP contribution is -2.28. The van der Waals surface area contributed by atoms with Gasteiger partial charge in [0.1, 0.15) is 5.75 Å². The number of halogens is 1. The maximum Gasteiger partial charge on any atom is 0.258 e. The Balaban J connectivity index is 1.88. The second-order valence-corrected chi connectivity index (χ2v) is 6.31. The third-order valence-corrected chi connectivity index (χ3v) is 3.85. The Labute approximate surface area is 142 Å². The van der Waals surface area contributed by atoms with Crippen LogP contribution in [0.3, 0.4) is 0 Å². The van der Waals surface area contributed by atoms with E-state index in [9.17, 15) is 4.79 Å². The van der Waals surface area contributed by atoms with Crippen LogP contribution in [0.1, 0.15) is 36.5 Å². The van der Waals surface area contributed by atoms with Gasteiger partial charge in [-0.3, -0.25) is 4.79 Å². The fourth-order valence-electron chi connectivity index (χ4n) is 2.17. The molecule has 0 heterocycles. The van der Waals surface area contributed by atoms with Crippen molar-refractivity contribution in [2.45, 2.75) is 33.2 Å². The third-order valence-electron chi connectivity index (χ3n) is 3.62. The summed E-state index contributed by atoms with van der Waals surface area (Å²) in [5.41, 5.74) is 3.19. The molecule has 0 aliphatic rings. The van der Waals surface area contributed by atoms with Crippen LogP contribution in [-0.4, -0.2) is 12.5 Å². The number of aryl methyl sites for hydroxylation is 1. The van der Waals surface area contributed by atoms with E-state index in [0.717, 1.165) is 16.9 Å². The lowest BCUT2D eigenvalue weighted by molar-refractivity contribution is -0.123. The molecule has 0 bridgehead atoms. The fourth-order valence-corrected chi connectivity index (χ4v) is 2.39. The molecule has 0 aliphatic heterocycles. The SMILES string of the molecule is Cc1ccc(C(C)C)cc1OCC(=O)NCc1cccc(Cl)c1. The van der Waals surface area contributed by atoms with Crippen molar-refractivity contribution in [2.75, 3.05) is 6.61 Å². The molecule has 0 aromatic heterocycles. The Kier molecular flexibility index (Phi) is 6.05. The van der Waals surface area contributed by atoms with Crippen LogP contribution in [0, 0.1) is 6.92 Å². The molecule has 1 N–H and O–H groups in total. The molecule has 0 saturated carbocycles. The summed E-state index contributed by atoms with van der Waals surface area (Å²) in [6, 6.07) is 13.5. The van der Waals surface area contributed by atoms with Crippen molar-refractivity contribution in [2.24, 2.45) is 0 Å². The van der Waals surface area contributed by atoms with Crippen molar-refractivity contribution >= 4 is 17.5 Å². The molecule has 0 aliphatic carbocycles. The van der Waals surface area contributed by atoms with Gasteiger partial charge in [0.15, 0.2) is 6.61 Å². The number of rotatable bonds is 6. The van der Waals surface area contributed by atoms with Crippen LogP contribution in [0.25, 0.3) is 0 Å². The molecule has 122 valence electrons. The topological polar surface area (TPSA) is 38.3 Å². The van der Waals surface area contributed by atoms with E-state index >= 15 is 0 Å². The highest BCUT2D eigenvalue weighted by atomic mass is 35.5. The van der Waals surface area contributed by atoms with Crippen LogP contribution < -0.4 is 10.1 Å². The second kappa shape index (κ2) is 8.02. The first-order valence-electron chi connectivity index (χ1n) is 7.70. The summed E-state index contributed by atoms with van der Waals surface area (Å²) in [6.45, 7) is 6.68. The molecule has 2 aromatic carbocycles. The molecule has 0 saturated heterocycles. The summed E-state index contributed by atoms with van der Waals surface area (Å²) < 4.78 is 5.66. The van der Waals surface area contributed by atoms with Crippen molar-refractivity contribution in [1.82, 2.24) is 5.32 Å². The first-order chi connectivity index (χ1) is 11.0. The molecule has 0 radical (unpaired) electrons. The van der Waals surface area contributed by atoms with E-state index in [0.29, 0.717) is 17.5 Å². The van der Waals surface area contributed by atoms with Gasteiger partial charge in [0.25, 0.3) is 5.91 Å². The highest BCUT2D eigenvalue weighted by molar-refractivity contribution is 6.30. The monoisotopic (exact) mass is 331 g/mol. The number of benzene rings is 2. The molecule has 23 heavy (non-hydrogen) atoms. The van der Waals surface area contributed by atoms with E-state index in [-0.39, 0.29) is 12.5 Å². The first-order valence-corrected chi connectivity index (χ1v) is 8.08. The number of ether oxygens (including phenoxy) is 1. The van der Waals surface area contributed by atoms with Crippen LogP contribution in [0.15, 0.2) is 42.5 Å². The molecule has 2 aromatic rings. The molecule has 3 nitrogen and oxygen atoms in total. The number of hydrogen-bond acceptors (Lipinski definition) is 2. The van der Waals surface area contributed by atoms with E-state index in [4.69, 9.17) is 16.3 Å². The van der Waals surface area contributed by atoms with Crippen molar-refractivity contribution in [3.63, 3.8) is 0 Å². The van der Waals surface area contributed by atoms with Crippen LogP contribution >= 0.6 is 11.6 Å². The number of amides is 1. The van der Waals surface area contributed by atoms with Gasteiger partial charge in [0, 0.05) is 11.6 Å². The van der Waals surface area contributed by atoms with Gasteiger partial charge in [0.05, 0.1) is 0 Å². The smallest absolute Gasteiger partial charge is 0.258 e. The Morgan fingerprint density at radius 1 is 1.22 bits per heavy atom. The van der Waals surface area contributed by atoms with E-state index < -0.39 is 0 Å². The minimum Gasteiger partial charge on any atom is -0.483 e. The predicted octanol–water partition coefficient (Wildman–Crippen LogP) is 4.47. The van der Waals surface area contributed by atoms with Gasteiger partial charge in [-0.05, 0) is 47.7 Å². The lowest BCUT2D eigenvalue weighted by atomic mass is 10.0. The zero-order chi connectivity index (χ0) is 16.8. The minimum absolute atomic E-state index is 0.00293. The standard InChI is InChI=1S/C19H22ClNO2/c1-13(2)16-8-7-14(3)18(10-16)23-12-19(22)21-11-15-5-4-6-17(20)9-15/h4-10,13H,11-12H2,1-3H3,(H,21,22). The number of carbonyl (C=O) groups excluding carboxylic acids is 1. The maximum absolute atomic E-state index is 11.9. The highest BCUT2D eigenvalue weighted by Crippen LogP contribution is 2.24. The third kappa shape index (κ3) is 5.29. The molecule has 0 atom stereocenters. The van der Waals surface area contributed by atoms with E-state index in [1.807, 2.05) is 37.3 Å². The average Bonchev–Trinajstić information content (AvgIpc) is 2.52. The van der Waals surface area contributed by atoms with Gasteiger partial charge >= 0.3 is 0 Å². The lowest BCUT2D eigenvalue weighted by Gasteiger charge is -2.13. The van der Waals surface area contributed by atoms with Gasteiger partial charge in [-0.15, -0.1) is 0 Å². The van der Waals surface area contributed by atoms with Crippen molar-refractivity contribution in [1.29, 1.82) is 0 Å². The van der Waals surface area contributed by atoms with Crippen molar-refractivity contribution < 1.29 is 9.53 Å². The largest absolute Gasteiger partial charge is 0.483 e. The minimum atomic E-state index is -0.153. The van der Waals surface area contributed by atoms with Crippen LogP contribution in [-0.2, 0) is 11.3 Å². The van der Waals surface area contributed by atoms with Gasteiger partial charge in [0.2, 0.25) is 0 Å². The fraction of sp³-hybridized carbons (Fsp3) is 0.316. The summed E-state index contributed by atoms with van der Waals surface area (Å²) >= 11 is 5.92.